The minimum absolute atomic E-state index is 0.203. The Hall–Kier alpha value is -5.41. The Balaban J connectivity index is 1.32. The van der Waals surface area contributed by atoms with Crippen molar-refractivity contribution in [3.63, 3.8) is 0 Å². The first kappa shape index (κ1) is 31.0. The second-order valence-electron chi connectivity index (χ2n) is 9.93. The van der Waals surface area contributed by atoms with Crippen molar-refractivity contribution in [1.82, 2.24) is 24.6 Å². The lowest BCUT2D eigenvalue weighted by atomic mass is 10.1. The maximum absolute atomic E-state index is 15.4. The van der Waals surface area contributed by atoms with E-state index in [1.54, 1.807) is 12.1 Å². The third kappa shape index (κ3) is 6.58. The van der Waals surface area contributed by atoms with Gasteiger partial charge in [-0.2, -0.15) is 4.72 Å². The summed E-state index contributed by atoms with van der Waals surface area (Å²) in [6.07, 6.45) is 3.99. The van der Waals surface area contributed by atoms with Crippen LogP contribution in [0.5, 0.6) is 0 Å². The van der Waals surface area contributed by atoms with Crippen molar-refractivity contribution >= 4 is 38.8 Å². The number of aryl methyl sites for hydroxylation is 1. The highest BCUT2D eigenvalue weighted by Gasteiger charge is 2.27. The molecule has 1 atom stereocenters. The number of fused-ring (bicyclic) bond motifs is 1. The van der Waals surface area contributed by atoms with Crippen LogP contribution in [-0.2, 0) is 28.4 Å². The van der Waals surface area contributed by atoms with Crippen LogP contribution in [0, 0.1) is 11.6 Å². The second-order valence-corrected chi connectivity index (χ2v) is 11.6. The molecule has 0 saturated heterocycles. The number of sulfonamides is 1. The van der Waals surface area contributed by atoms with Gasteiger partial charge in [0.1, 0.15) is 17.4 Å². The molecule has 0 saturated carbocycles. The summed E-state index contributed by atoms with van der Waals surface area (Å²) in [6.45, 7) is -1.03. The molecule has 2 aromatic heterocycles. The summed E-state index contributed by atoms with van der Waals surface area (Å²) >= 11 is 0. The van der Waals surface area contributed by atoms with Crippen LogP contribution in [0.1, 0.15) is 15.9 Å². The molecule has 0 aliphatic heterocycles. The number of anilines is 1. The van der Waals surface area contributed by atoms with Gasteiger partial charge < -0.3 is 25.3 Å². The van der Waals surface area contributed by atoms with E-state index in [9.17, 15) is 32.3 Å². The first-order chi connectivity index (χ1) is 21.5. The van der Waals surface area contributed by atoms with E-state index in [0.29, 0.717) is 0 Å². The number of amides is 1. The number of hydrogen-bond acceptors (Lipinski definition) is 7. The second kappa shape index (κ2) is 12.7. The monoisotopic (exact) mass is 636 g/mol. The minimum atomic E-state index is -4.33. The fraction of sp³-hybridized carbons (Fsp3) is 0.133. The Morgan fingerprint density at radius 3 is 2.40 bits per heavy atom. The van der Waals surface area contributed by atoms with Crippen LogP contribution in [0.2, 0.25) is 0 Å². The highest BCUT2D eigenvalue weighted by atomic mass is 32.2. The topological polar surface area (TPSA) is 175 Å². The molecule has 1 unspecified atom stereocenters. The number of benzene rings is 3. The number of aliphatic carboxylic acids is 1. The first-order valence-corrected chi connectivity index (χ1v) is 14.9. The lowest BCUT2D eigenvalue weighted by Crippen LogP contribution is -2.48. The zero-order valence-electron chi connectivity index (χ0n) is 23.5. The molecule has 0 aliphatic rings. The molecule has 0 aliphatic carbocycles. The third-order valence-corrected chi connectivity index (χ3v) is 8.45. The number of nitrogens with zero attached hydrogens (tertiary/aromatic N) is 2. The van der Waals surface area contributed by atoms with E-state index in [2.05, 4.69) is 20.6 Å². The molecule has 12 nitrogen and oxygen atoms in total. The molecule has 0 radical (unpaired) electrons. The Bertz CT molecular complexity index is 2050. The third-order valence-electron chi connectivity index (χ3n) is 6.96. The molecule has 3 aromatic carbocycles. The Kier molecular flexibility index (Phi) is 8.74. The number of hydrogen-bond donors (Lipinski definition) is 5. The minimum Gasteiger partial charge on any atom is -0.480 e. The molecule has 5 rings (SSSR count). The molecule has 15 heteroatoms. The van der Waals surface area contributed by atoms with Gasteiger partial charge in [0.2, 0.25) is 15.5 Å². The predicted octanol–water partition coefficient (Wildman–Crippen LogP) is 2.98. The van der Waals surface area contributed by atoms with Gasteiger partial charge in [0, 0.05) is 44.3 Å². The van der Waals surface area contributed by atoms with Crippen molar-refractivity contribution < 1.29 is 31.9 Å². The van der Waals surface area contributed by atoms with E-state index in [0.717, 1.165) is 28.0 Å². The summed E-state index contributed by atoms with van der Waals surface area (Å²) in [6, 6.07) is 14.0. The van der Waals surface area contributed by atoms with Crippen molar-refractivity contribution in [3.8, 4) is 11.1 Å². The van der Waals surface area contributed by atoms with E-state index in [4.69, 9.17) is 0 Å². The number of pyridine rings is 1. The van der Waals surface area contributed by atoms with Crippen LogP contribution in [-0.4, -0.2) is 52.5 Å². The molecule has 5 N–H and O–H groups in total. The molecule has 0 bridgehead atoms. The summed E-state index contributed by atoms with van der Waals surface area (Å²) in [4.78, 5) is 44.4. The molecule has 0 fully saturated rings. The highest BCUT2D eigenvalue weighted by molar-refractivity contribution is 7.89. The molecular formula is C30H26F2N6O6S. The van der Waals surface area contributed by atoms with Crippen LogP contribution in [0.25, 0.3) is 22.0 Å². The number of halogens is 2. The average molecular weight is 637 g/mol. The maximum atomic E-state index is 15.4. The van der Waals surface area contributed by atoms with E-state index >= 15 is 4.39 Å². The molecule has 0 spiro atoms. The van der Waals surface area contributed by atoms with Crippen LogP contribution < -0.4 is 20.8 Å². The Morgan fingerprint density at radius 1 is 1.07 bits per heavy atom. The number of aromatic amines is 1. The van der Waals surface area contributed by atoms with Crippen LogP contribution >= 0.6 is 0 Å². The normalized spacial score (nSPS) is 12.2. The van der Waals surface area contributed by atoms with Gasteiger partial charge in [0.15, 0.2) is 11.8 Å². The summed E-state index contributed by atoms with van der Waals surface area (Å²) in [7, 11) is -2.99. The lowest BCUT2D eigenvalue weighted by Gasteiger charge is -2.17. The number of carbonyl (C=O) groups excluding carboxylic acids is 1. The average Bonchev–Trinajstić information content (AvgIpc) is 3.54. The predicted molar refractivity (Wildman–Crippen MR) is 161 cm³/mol. The van der Waals surface area contributed by atoms with E-state index in [1.807, 2.05) is 35.1 Å². The molecule has 2 heterocycles. The quantitative estimate of drug-likeness (QED) is 0.147. The van der Waals surface area contributed by atoms with E-state index < -0.39 is 62.5 Å². The SMILES string of the molecule is Cn1cc(C(=O)NCC(NS(=O)(=O)c2ccc(-c3ccccc3)cc2)C(=O)O)c(=O)c2cc(F)c(CNc3ncc[nH]3)c(F)c21. The molecule has 5 aromatic rings. The zero-order chi connectivity index (χ0) is 32.3. The van der Waals surface area contributed by atoms with Gasteiger partial charge in [-0.25, -0.2) is 22.2 Å². The number of carbonyl (C=O) groups is 2. The number of imidazole rings is 1. The van der Waals surface area contributed by atoms with Gasteiger partial charge in [-0.15, -0.1) is 0 Å². The van der Waals surface area contributed by atoms with Crippen molar-refractivity contribution in [1.29, 1.82) is 0 Å². The summed E-state index contributed by atoms with van der Waals surface area (Å²) in [5.41, 5.74) is -0.562. The molecule has 232 valence electrons. The maximum Gasteiger partial charge on any atom is 0.323 e. The van der Waals surface area contributed by atoms with E-state index in [1.165, 1.54) is 31.6 Å². The van der Waals surface area contributed by atoms with Crippen LogP contribution in [0.15, 0.2) is 88.9 Å². The van der Waals surface area contributed by atoms with Gasteiger partial charge in [-0.05, 0) is 29.3 Å². The summed E-state index contributed by atoms with van der Waals surface area (Å²) in [5.74, 6) is -4.44. The van der Waals surface area contributed by atoms with Crippen molar-refractivity contribution in [2.75, 3.05) is 11.9 Å². The Labute approximate surface area is 254 Å². The number of aromatic nitrogens is 3. The largest absolute Gasteiger partial charge is 0.480 e. The van der Waals surface area contributed by atoms with Gasteiger partial charge >= 0.3 is 5.97 Å². The lowest BCUT2D eigenvalue weighted by molar-refractivity contribution is -0.138. The molecule has 1 amide bonds. The fourth-order valence-corrected chi connectivity index (χ4v) is 5.86. The van der Waals surface area contributed by atoms with E-state index in [-0.39, 0.29) is 28.5 Å². The summed E-state index contributed by atoms with van der Waals surface area (Å²) in [5, 5.41) is 14.2. The Morgan fingerprint density at radius 2 is 1.76 bits per heavy atom. The van der Waals surface area contributed by atoms with Crippen LogP contribution in [0.4, 0.5) is 14.7 Å². The van der Waals surface area contributed by atoms with Crippen molar-refractivity contribution in [2.24, 2.45) is 7.05 Å². The number of carboxylic acids is 1. The molecule has 45 heavy (non-hydrogen) atoms. The number of carboxylic acid groups (broad SMARTS) is 1. The fourth-order valence-electron chi connectivity index (χ4n) is 4.67. The number of H-pyrrole nitrogens is 1. The highest BCUT2D eigenvalue weighted by Crippen LogP contribution is 2.24. The number of nitrogens with one attached hydrogen (secondary N) is 4. The van der Waals surface area contributed by atoms with Gasteiger partial charge in [0.05, 0.1) is 15.8 Å². The van der Waals surface area contributed by atoms with Crippen molar-refractivity contribution in [2.45, 2.75) is 17.5 Å². The smallest absolute Gasteiger partial charge is 0.323 e. The summed E-state index contributed by atoms with van der Waals surface area (Å²) < 4.78 is 59.3. The van der Waals surface area contributed by atoms with Gasteiger partial charge in [-0.1, -0.05) is 42.5 Å². The van der Waals surface area contributed by atoms with Gasteiger partial charge in [0.25, 0.3) is 5.91 Å². The standard InChI is InChI=1S/C30H26F2N6O6S/c1-38-16-22(27(39)20-13-23(31)21(25(32)26(20)38)14-36-30-33-11-12-34-30)28(40)35-15-24(29(41)42)37-45(43,44)19-9-7-18(8-10-19)17-5-3-2-4-6-17/h2-13,16,24,37H,14-15H2,1H3,(H,35,40)(H,41,42)(H2,33,34,36). The number of rotatable bonds is 11. The van der Waals surface area contributed by atoms with Crippen molar-refractivity contribution in [3.05, 3.63) is 112 Å². The zero-order valence-corrected chi connectivity index (χ0v) is 24.4. The van der Waals surface area contributed by atoms with Gasteiger partial charge in [-0.3, -0.25) is 14.4 Å². The molecular weight excluding hydrogens is 610 g/mol. The first-order valence-electron chi connectivity index (χ1n) is 13.4. The van der Waals surface area contributed by atoms with Crippen LogP contribution in [0.3, 0.4) is 0 Å².